The van der Waals surface area contributed by atoms with E-state index < -0.39 is 0 Å². The molecule has 124 valence electrons. The normalized spacial score (nSPS) is 14.9. The van der Waals surface area contributed by atoms with Gasteiger partial charge in [0.1, 0.15) is 5.75 Å². The van der Waals surface area contributed by atoms with Crippen LogP contribution >= 0.6 is 23.2 Å². The van der Waals surface area contributed by atoms with E-state index in [0.717, 1.165) is 47.0 Å². The number of hydrogen-bond donors (Lipinski definition) is 0. The Morgan fingerprint density at radius 3 is 2.84 bits per heavy atom. The fourth-order valence-electron chi connectivity index (χ4n) is 3.55. The predicted octanol–water partition coefficient (Wildman–Crippen LogP) is 5.07. The number of aromatic nitrogens is 1. The third-order valence-corrected chi connectivity index (χ3v) is 5.43. The molecule has 0 amide bonds. The molecule has 5 rings (SSSR count). The molecule has 0 spiro atoms. The van der Waals surface area contributed by atoms with Gasteiger partial charge in [0.2, 0.25) is 0 Å². The van der Waals surface area contributed by atoms with Crippen molar-refractivity contribution in [2.45, 2.75) is 13.0 Å². The van der Waals surface area contributed by atoms with Crippen LogP contribution in [-0.2, 0) is 13.0 Å². The first-order valence-corrected chi connectivity index (χ1v) is 8.93. The Morgan fingerprint density at radius 2 is 1.92 bits per heavy atom. The number of hydrogen-bond acceptors (Lipinski definition) is 2. The lowest BCUT2D eigenvalue weighted by Crippen LogP contribution is -2.08. The van der Waals surface area contributed by atoms with E-state index in [1.165, 1.54) is 5.56 Å². The highest BCUT2D eigenvalue weighted by Gasteiger charge is 2.23. The van der Waals surface area contributed by atoms with Gasteiger partial charge in [-0.3, -0.25) is 4.99 Å². The van der Waals surface area contributed by atoms with E-state index in [-0.39, 0.29) is 0 Å². The van der Waals surface area contributed by atoms with E-state index in [2.05, 4.69) is 28.8 Å². The summed E-state index contributed by atoms with van der Waals surface area (Å²) in [5.74, 6) is 0.955. The average Bonchev–Trinajstić information content (AvgIpc) is 3.24. The minimum Gasteiger partial charge on any atom is -0.493 e. The maximum absolute atomic E-state index is 6.49. The number of benzene rings is 2. The smallest absolute Gasteiger partial charge is 0.123 e. The third kappa shape index (κ3) is 2.30. The van der Waals surface area contributed by atoms with E-state index in [4.69, 9.17) is 32.9 Å². The van der Waals surface area contributed by atoms with Crippen LogP contribution in [0.2, 0.25) is 10.0 Å². The van der Waals surface area contributed by atoms with Crippen LogP contribution in [0.15, 0.2) is 53.7 Å². The van der Waals surface area contributed by atoms with E-state index >= 15 is 0 Å². The van der Waals surface area contributed by atoms with E-state index in [9.17, 15) is 0 Å². The maximum Gasteiger partial charge on any atom is 0.123 e. The predicted molar refractivity (Wildman–Crippen MR) is 101 cm³/mol. The third-order valence-electron chi connectivity index (χ3n) is 4.77. The van der Waals surface area contributed by atoms with Gasteiger partial charge in [-0.2, -0.15) is 0 Å². The molecule has 3 heterocycles. The van der Waals surface area contributed by atoms with Gasteiger partial charge in [0.05, 0.1) is 35.3 Å². The summed E-state index contributed by atoms with van der Waals surface area (Å²) in [4.78, 5) is 4.87. The molecule has 0 saturated heterocycles. The molecule has 3 nitrogen and oxygen atoms in total. The van der Waals surface area contributed by atoms with Gasteiger partial charge < -0.3 is 9.30 Å². The minimum absolute atomic E-state index is 0.490. The summed E-state index contributed by atoms with van der Waals surface area (Å²) < 4.78 is 7.80. The Bertz CT molecular complexity index is 1040. The first-order chi connectivity index (χ1) is 12.2. The Kier molecular flexibility index (Phi) is 3.40. The van der Waals surface area contributed by atoms with Gasteiger partial charge in [-0.1, -0.05) is 35.3 Å². The molecule has 0 fully saturated rings. The molecule has 2 aliphatic heterocycles. The maximum atomic E-state index is 6.49. The molecule has 0 bridgehead atoms. The zero-order chi connectivity index (χ0) is 17.0. The standard InChI is InChI=1S/C20H14Cl2N2O/c21-15-5-6-16(22)20-14(15)11-23-19(17-2-1-8-24(17)20)13-4-3-12-7-9-25-18(12)10-13/h1-6,8,10H,7,9,11H2. The molecule has 0 N–H and O–H groups in total. The van der Waals surface area contributed by atoms with Crippen molar-refractivity contribution >= 4 is 28.9 Å². The highest BCUT2D eigenvalue weighted by molar-refractivity contribution is 6.35. The van der Waals surface area contributed by atoms with Crippen LogP contribution in [0.25, 0.3) is 5.69 Å². The molecule has 5 heteroatoms. The summed E-state index contributed by atoms with van der Waals surface area (Å²) in [5.41, 5.74) is 6.07. The van der Waals surface area contributed by atoms with Gasteiger partial charge in [0, 0.05) is 28.8 Å². The number of halogens is 2. The lowest BCUT2D eigenvalue weighted by Gasteiger charge is -2.13. The van der Waals surface area contributed by atoms with Crippen molar-refractivity contribution in [3.63, 3.8) is 0 Å². The summed E-state index contributed by atoms with van der Waals surface area (Å²) in [7, 11) is 0. The average molecular weight is 369 g/mol. The molecular formula is C20H14Cl2N2O. The van der Waals surface area contributed by atoms with Gasteiger partial charge in [-0.05, 0) is 35.9 Å². The van der Waals surface area contributed by atoms with E-state index in [0.29, 0.717) is 16.6 Å². The van der Waals surface area contributed by atoms with Crippen molar-refractivity contribution in [1.29, 1.82) is 0 Å². The second-order valence-electron chi connectivity index (χ2n) is 6.21. The fourth-order valence-corrected chi connectivity index (χ4v) is 4.04. The topological polar surface area (TPSA) is 26.5 Å². The zero-order valence-corrected chi connectivity index (χ0v) is 14.8. The fraction of sp³-hybridized carbons (Fsp3) is 0.150. The molecular weight excluding hydrogens is 355 g/mol. The van der Waals surface area contributed by atoms with Crippen molar-refractivity contribution in [1.82, 2.24) is 4.57 Å². The van der Waals surface area contributed by atoms with Crippen molar-refractivity contribution in [3.8, 4) is 11.4 Å². The summed E-state index contributed by atoms with van der Waals surface area (Å²) in [6.45, 7) is 1.24. The van der Waals surface area contributed by atoms with Crippen molar-refractivity contribution in [2.75, 3.05) is 6.61 Å². The Hall–Kier alpha value is -2.23. The molecule has 0 unspecified atom stereocenters. The Morgan fingerprint density at radius 1 is 1.04 bits per heavy atom. The van der Waals surface area contributed by atoms with E-state index in [1.54, 1.807) is 0 Å². The molecule has 0 radical (unpaired) electrons. The molecule has 25 heavy (non-hydrogen) atoms. The Balaban J connectivity index is 1.72. The summed E-state index contributed by atoms with van der Waals surface area (Å²) >= 11 is 12.9. The quantitative estimate of drug-likeness (QED) is 0.588. The monoisotopic (exact) mass is 368 g/mol. The first kappa shape index (κ1) is 15.1. The van der Waals surface area contributed by atoms with Gasteiger partial charge in [0.25, 0.3) is 0 Å². The molecule has 2 aromatic carbocycles. The van der Waals surface area contributed by atoms with Crippen LogP contribution in [-0.4, -0.2) is 16.9 Å². The number of rotatable bonds is 1. The highest BCUT2D eigenvalue weighted by Crippen LogP contribution is 2.35. The molecule has 2 aliphatic rings. The van der Waals surface area contributed by atoms with Gasteiger partial charge in [0.15, 0.2) is 0 Å². The van der Waals surface area contributed by atoms with Gasteiger partial charge in [-0.15, -0.1) is 0 Å². The van der Waals surface area contributed by atoms with Crippen LogP contribution in [0.4, 0.5) is 0 Å². The lowest BCUT2D eigenvalue weighted by molar-refractivity contribution is 0.357. The molecule has 3 aromatic rings. The molecule has 0 atom stereocenters. The molecule has 0 aliphatic carbocycles. The van der Waals surface area contributed by atoms with Crippen LogP contribution in [0.1, 0.15) is 22.4 Å². The summed E-state index contributed by atoms with van der Waals surface area (Å²) in [5, 5.41) is 1.35. The van der Waals surface area contributed by atoms with Crippen molar-refractivity contribution < 1.29 is 4.74 Å². The van der Waals surface area contributed by atoms with Crippen LogP contribution in [0.5, 0.6) is 5.75 Å². The first-order valence-electron chi connectivity index (χ1n) is 8.18. The van der Waals surface area contributed by atoms with Crippen LogP contribution in [0.3, 0.4) is 0 Å². The SMILES string of the molecule is Clc1ccc(Cl)c2c1CN=C(c1ccc3c(c1)OCC3)c1cccn1-2. The van der Waals surface area contributed by atoms with Crippen LogP contribution in [0, 0.1) is 0 Å². The lowest BCUT2D eigenvalue weighted by atomic mass is 10.0. The minimum atomic E-state index is 0.490. The van der Waals surface area contributed by atoms with Crippen molar-refractivity contribution in [3.05, 3.63) is 81.1 Å². The zero-order valence-electron chi connectivity index (χ0n) is 13.3. The number of aliphatic imine (C=N–C) groups is 1. The van der Waals surface area contributed by atoms with Gasteiger partial charge >= 0.3 is 0 Å². The molecule has 0 saturated carbocycles. The number of ether oxygens (including phenoxy) is 1. The number of fused-ring (bicyclic) bond motifs is 4. The van der Waals surface area contributed by atoms with E-state index in [1.807, 2.05) is 24.4 Å². The number of nitrogens with zero attached hydrogens (tertiary/aromatic N) is 2. The summed E-state index contributed by atoms with van der Waals surface area (Å²) in [6.07, 6.45) is 2.97. The second-order valence-corrected chi connectivity index (χ2v) is 7.02. The van der Waals surface area contributed by atoms with Crippen molar-refractivity contribution in [2.24, 2.45) is 4.99 Å². The summed E-state index contributed by atoms with van der Waals surface area (Å²) in [6, 6.07) is 14.0. The molecule has 1 aromatic heterocycles. The Labute approximate surface area is 155 Å². The highest BCUT2D eigenvalue weighted by atomic mass is 35.5. The van der Waals surface area contributed by atoms with Crippen LogP contribution < -0.4 is 4.74 Å². The largest absolute Gasteiger partial charge is 0.493 e. The van der Waals surface area contributed by atoms with Gasteiger partial charge in [-0.25, -0.2) is 0 Å². The second kappa shape index (κ2) is 5.65.